The van der Waals surface area contributed by atoms with Gasteiger partial charge < -0.3 is 9.94 Å². The van der Waals surface area contributed by atoms with Crippen molar-refractivity contribution in [3.63, 3.8) is 0 Å². The Labute approximate surface area is 113 Å². The topological polar surface area (TPSA) is 102 Å². The molecular formula is C13H10N2O5. The van der Waals surface area contributed by atoms with Crippen LogP contribution in [0.4, 0.5) is 5.69 Å². The molecule has 0 aliphatic rings. The van der Waals surface area contributed by atoms with Gasteiger partial charge in [-0.2, -0.15) is 0 Å². The van der Waals surface area contributed by atoms with E-state index in [4.69, 9.17) is 5.11 Å². The lowest BCUT2D eigenvalue weighted by molar-refractivity contribution is -0.383. The zero-order valence-corrected chi connectivity index (χ0v) is 10.4. The van der Waals surface area contributed by atoms with E-state index in [2.05, 4.69) is 9.99 Å². The largest absolute Gasteiger partial charge is 0.476 e. The highest BCUT2D eigenvalue weighted by Crippen LogP contribution is 2.26. The van der Waals surface area contributed by atoms with Crippen LogP contribution in [-0.2, 0) is 9.63 Å². The van der Waals surface area contributed by atoms with Gasteiger partial charge in [0.1, 0.15) is 7.11 Å². The zero-order valence-electron chi connectivity index (χ0n) is 10.4. The van der Waals surface area contributed by atoms with Gasteiger partial charge in [0.2, 0.25) is 0 Å². The van der Waals surface area contributed by atoms with Crippen molar-refractivity contribution in [2.45, 2.75) is 0 Å². The molecule has 0 heterocycles. The predicted octanol–water partition coefficient (Wildman–Crippen LogP) is 2.18. The summed E-state index contributed by atoms with van der Waals surface area (Å²) in [6, 6.07) is 9.19. The van der Waals surface area contributed by atoms with E-state index in [9.17, 15) is 14.9 Å². The number of carbonyl (C=O) groups is 1. The Bertz CT molecular complexity index is 724. The van der Waals surface area contributed by atoms with E-state index >= 15 is 0 Å². The fraction of sp³-hybridized carbons (Fsp3) is 0.0769. The Morgan fingerprint density at radius 1 is 1.35 bits per heavy atom. The van der Waals surface area contributed by atoms with Gasteiger partial charge in [-0.05, 0) is 11.5 Å². The van der Waals surface area contributed by atoms with Crippen molar-refractivity contribution in [1.82, 2.24) is 0 Å². The molecule has 0 unspecified atom stereocenters. The summed E-state index contributed by atoms with van der Waals surface area (Å²) in [5.74, 6) is -1.27. The van der Waals surface area contributed by atoms with Gasteiger partial charge in [0.05, 0.1) is 10.3 Å². The first-order valence-corrected chi connectivity index (χ1v) is 5.56. The molecule has 0 atom stereocenters. The van der Waals surface area contributed by atoms with Crippen LogP contribution in [0.25, 0.3) is 10.8 Å². The van der Waals surface area contributed by atoms with Crippen LogP contribution in [0.5, 0.6) is 0 Å². The molecule has 0 radical (unpaired) electrons. The van der Waals surface area contributed by atoms with Crippen molar-refractivity contribution in [2.75, 3.05) is 7.11 Å². The summed E-state index contributed by atoms with van der Waals surface area (Å²) >= 11 is 0. The molecule has 2 rings (SSSR count). The second-order valence-corrected chi connectivity index (χ2v) is 3.90. The number of nitro groups is 1. The molecular weight excluding hydrogens is 264 g/mol. The molecule has 0 spiro atoms. The van der Waals surface area contributed by atoms with E-state index in [-0.39, 0.29) is 17.0 Å². The summed E-state index contributed by atoms with van der Waals surface area (Å²) in [5, 5.41) is 24.5. The summed E-state index contributed by atoms with van der Waals surface area (Å²) in [4.78, 5) is 26.1. The molecule has 0 amide bonds. The number of hydrogen-bond acceptors (Lipinski definition) is 5. The maximum absolute atomic E-state index is 11.1. The highest BCUT2D eigenvalue weighted by atomic mass is 16.6. The summed E-state index contributed by atoms with van der Waals surface area (Å²) in [6.07, 6.45) is 0. The monoisotopic (exact) mass is 274 g/mol. The highest BCUT2D eigenvalue weighted by molar-refractivity contribution is 6.42. The number of nitro benzene ring substituents is 1. The van der Waals surface area contributed by atoms with Crippen molar-refractivity contribution in [2.24, 2.45) is 5.16 Å². The molecule has 2 aromatic carbocycles. The first-order chi connectivity index (χ1) is 9.54. The van der Waals surface area contributed by atoms with Crippen molar-refractivity contribution < 1.29 is 19.7 Å². The van der Waals surface area contributed by atoms with Gasteiger partial charge in [-0.3, -0.25) is 10.1 Å². The molecule has 0 fully saturated rings. The van der Waals surface area contributed by atoms with Crippen LogP contribution < -0.4 is 0 Å². The zero-order chi connectivity index (χ0) is 14.7. The summed E-state index contributed by atoms with van der Waals surface area (Å²) < 4.78 is 0. The Hall–Kier alpha value is -2.96. The van der Waals surface area contributed by atoms with E-state index in [1.54, 1.807) is 18.2 Å². The van der Waals surface area contributed by atoms with Gasteiger partial charge in [0.25, 0.3) is 5.69 Å². The molecule has 0 saturated carbocycles. The number of oxime groups is 1. The van der Waals surface area contributed by atoms with Crippen molar-refractivity contribution in [3.8, 4) is 0 Å². The fourth-order valence-corrected chi connectivity index (χ4v) is 1.87. The van der Waals surface area contributed by atoms with Crippen molar-refractivity contribution >= 4 is 28.1 Å². The number of non-ortho nitro benzene ring substituents is 1. The maximum Gasteiger partial charge on any atom is 0.358 e. The van der Waals surface area contributed by atoms with Gasteiger partial charge in [-0.25, -0.2) is 4.79 Å². The molecule has 2 aromatic rings. The van der Waals surface area contributed by atoms with Gasteiger partial charge in [0.15, 0.2) is 5.71 Å². The fourth-order valence-electron chi connectivity index (χ4n) is 1.87. The van der Waals surface area contributed by atoms with Crippen LogP contribution in [0.1, 0.15) is 5.56 Å². The first-order valence-electron chi connectivity index (χ1n) is 5.56. The normalized spacial score (nSPS) is 11.3. The predicted molar refractivity (Wildman–Crippen MR) is 71.8 cm³/mol. The van der Waals surface area contributed by atoms with Crippen molar-refractivity contribution in [1.29, 1.82) is 0 Å². The van der Waals surface area contributed by atoms with Gasteiger partial charge >= 0.3 is 5.97 Å². The smallest absolute Gasteiger partial charge is 0.358 e. The minimum atomic E-state index is -1.27. The molecule has 0 bridgehead atoms. The number of rotatable bonds is 4. The van der Waals surface area contributed by atoms with E-state index in [0.29, 0.717) is 10.8 Å². The van der Waals surface area contributed by atoms with E-state index in [0.717, 1.165) is 0 Å². The molecule has 1 N–H and O–H groups in total. The van der Waals surface area contributed by atoms with Crippen LogP contribution in [0, 0.1) is 10.1 Å². The molecule has 7 nitrogen and oxygen atoms in total. The number of nitrogens with zero attached hydrogens (tertiary/aromatic N) is 2. The minimum absolute atomic E-state index is 0.0912. The number of hydrogen-bond donors (Lipinski definition) is 1. The Morgan fingerprint density at radius 3 is 2.70 bits per heavy atom. The van der Waals surface area contributed by atoms with Crippen LogP contribution in [0.15, 0.2) is 41.6 Å². The van der Waals surface area contributed by atoms with Crippen LogP contribution in [0.3, 0.4) is 0 Å². The minimum Gasteiger partial charge on any atom is -0.476 e. The van der Waals surface area contributed by atoms with E-state index in [1.165, 1.54) is 25.3 Å². The molecule has 102 valence electrons. The van der Waals surface area contributed by atoms with Gasteiger partial charge in [0, 0.05) is 11.6 Å². The van der Waals surface area contributed by atoms with Crippen LogP contribution in [-0.4, -0.2) is 28.8 Å². The highest BCUT2D eigenvalue weighted by Gasteiger charge is 2.17. The third-order valence-electron chi connectivity index (χ3n) is 2.71. The standard InChI is InChI=1S/C13H10N2O5/c1-20-14-12(13(16)17)9-6-5-8-3-2-4-11(15(18)19)10(8)7-9/h2-7H,1H3,(H,16,17)/b14-12+. The lowest BCUT2D eigenvalue weighted by Gasteiger charge is -2.04. The van der Waals surface area contributed by atoms with Gasteiger partial charge in [-0.1, -0.05) is 29.4 Å². The summed E-state index contributed by atoms with van der Waals surface area (Å²) in [7, 11) is 1.23. The average molecular weight is 274 g/mol. The Kier molecular flexibility index (Phi) is 3.60. The molecule has 0 aliphatic carbocycles. The molecule has 20 heavy (non-hydrogen) atoms. The number of carboxylic acid groups (broad SMARTS) is 1. The van der Waals surface area contributed by atoms with E-state index in [1.807, 2.05) is 0 Å². The second kappa shape index (κ2) is 5.35. The molecule has 0 aromatic heterocycles. The SMILES string of the molecule is CO/N=C(/C(=O)O)c1ccc2cccc([N+](=O)[O-])c2c1. The lowest BCUT2D eigenvalue weighted by atomic mass is 10.0. The molecule has 0 aliphatic heterocycles. The van der Waals surface area contributed by atoms with Crippen molar-refractivity contribution in [3.05, 3.63) is 52.1 Å². The second-order valence-electron chi connectivity index (χ2n) is 3.90. The quantitative estimate of drug-likeness (QED) is 0.523. The first kappa shape index (κ1) is 13.5. The Balaban J connectivity index is 2.69. The molecule has 7 heteroatoms. The van der Waals surface area contributed by atoms with Crippen LogP contribution >= 0.6 is 0 Å². The molecule has 0 saturated heterocycles. The maximum atomic E-state index is 11.1. The number of carboxylic acids is 1. The van der Waals surface area contributed by atoms with E-state index < -0.39 is 10.9 Å². The lowest BCUT2D eigenvalue weighted by Crippen LogP contribution is -2.14. The summed E-state index contributed by atoms with van der Waals surface area (Å²) in [6.45, 7) is 0. The third kappa shape index (κ3) is 2.41. The number of fused-ring (bicyclic) bond motifs is 1. The average Bonchev–Trinajstić information content (AvgIpc) is 2.43. The summed E-state index contributed by atoms with van der Waals surface area (Å²) in [5.41, 5.74) is -0.166. The number of benzene rings is 2. The van der Waals surface area contributed by atoms with Gasteiger partial charge in [-0.15, -0.1) is 0 Å². The van der Waals surface area contributed by atoms with Crippen LogP contribution in [0.2, 0.25) is 0 Å². The Morgan fingerprint density at radius 2 is 2.10 bits per heavy atom. The number of aliphatic carboxylic acids is 1. The third-order valence-corrected chi connectivity index (χ3v) is 2.71.